The fourth-order valence-electron chi connectivity index (χ4n) is 1.94. The molecule has 21 heavy (non-hydrogen) atoms. The lowest BCUT2D eigenvalue weighted by Crippen LogP contribution is -2.46. The molecule has 3 N–H and O–H groups in total. The summed E-state index contributed by atoms with van der Waals surface area (Å²) in [5.74, 6) is -0.928. The molecular weight excluding hydrogens is 268 g/mol. The third-order valence-corrected chi connectivity index (χ3v) is 3.32. The van der Waals surface area contributed by atoms with Gasteiger partial charge in [-0.25, -0.2) is 4.79 Å². The van der Waals surface area contributed by atoms with Gasteiger partial charge >= 0.3 is 12.0 Å². The molecule has 1 atom stereocenters. The number of hydrogen-bond donors (Lipinski definition) is 3. The van der Waals surface area contributed by atoms with Crippen LogP contribution in [0.25, 0.3) is 0 Å². The van der Waals surface area contributed by atoms with E-state index in [1.54, 1.807) is 0 Å². The zero-order valence-corrected chi connectivity index (χ0v) is 13.1. The van der Waals surface area contributed by atoms with Gasteiger partial charge in [0.05, 0.1) is 6.42 Å². The number of hydrogen-bond acceptors (Lipinski definition) is 2. The average molecular weight is 292 g/mol. The van der Waals surface area contributed by atoms with Gasteiger partial charge in [-0.05, 0) is 29.5 Å². The van der Waals surface area contributed by atoms with Crippen molar-refractivity contribution in [1.82, 2.24) is 5.32 Å². The number of aryl methyl sites for hydroxylation is 1. The van der Waals surface area contributed by atoms with E-state index in [0.29, 0.717) is 5.69 Å². The topological polar surface area (TPSA) is 78.4 Å². The number of amides is 2. The van der Waals surface area contributed by atoms with Crippen LogP contribution in [0.1, 0.15) is 39.7 Å². The fourth-order valence-corrected chi connectivity index (χ4v) is 1.94. The van der Waals surface area contributed by atoms with E-state index in [-0.39, 0.29) is 17.9 Å². The first-order valence-corrected chi connectivity index (χ1v) is 7.10. The van der Waals surface area contributed by atoms with Crippen LogP contribution < -0.4 is 10.6 Å². The van der Waals surface area contributed by atoms with Crippen LogP contribution in [0, 0.1) is 5.41 Å². The summed E-state index contributed by atoms with van der Waals surface area (Å²) >= 11 is 0. The highest BCUT2D eigenvalue weighted by atomic mass is 16.4. The summed E-state index contributed by atoms with van der Waals surface area (Å²) in [5.41, 5.74) is 1.50. The van der Waals surface area contributed by atoms with E-state index in [9.17, 15) is 9.59 Å². The maximum absolute atomic E-state index is 12.0. The summed E-state index contributed by atoms with van der Waals surface area (Å²) in [7, 11) is 0. The van der Waals surface area contributed by atoms with E-state index in [1.807, 2.05) is 52.0 Å². The Bertz CT molecular complexity index is 506. The lowest BCUT2D eigenvalue weighted by atomic mass is 9.85. The lowest BCUT2D eigenvalue weighted by molar-refractivity contribution is -0.138. The van der Waals surface area contributed by atoms with Gasteiger partial charge in [0, 0.05) is 11.7 Å². The predicted molar refractivity (Wildman–Crippen MR) is 83.5 cm³/mol. The summed E-state index contributed by atoms with van der Waals surface area (Å²) in [6.45, 7) is 7.75. The minimum absolute atomic E-state index is 0.105. The molecule has 0 aliphatic carbocycles. The molecule has 2 amide bonds. The van der Waals surface area contributed by atoms with Gasteiger partial charge in [-0.3, -0.25) is 4.79 Å². The molecule has 1 aromatic carbocycles. The first-order chi connectivity index (χ1) is 9.72. The summed E-state index contributed by atoms with van der Waals surface area (Å²) in [4.78, 5) is 22.9. The van der Waals surface area contributed by atoms with Gasteiger partial charge < -0.3 is 15.7 Å². The number of anilines is 1. The van der Waals surface area contributed by atoms with Crippen LogP contribution in [0.15, 0.2) is 24.3 Å². The molecular formula is C16H24N2O3. The molecule has 1 rings (SSSR count). The van der Waals surface area contributed by atoms with Gasteiger partial charge in [0.1, 0.15) is 0 Å². The second kappa shape index (κ2) is 7.11. The second-order valence-corrected chi connectivity index (χ2v) is 6.17. The van der Waals surface area contributed by atoms with Crippen LogP contribution in [-0.4, -0.2) is 23.1 Å². The molecule has 0 heterocycles. The highest BCUT2D eigenvalue weighted by molar-refractivity contribution is 5.89. The van der Waals surface area contributed by atoms with Crippen molar-refractivity contribution in [1.29, 1.82) is 0 Å². The molecule has 0 aliphatic rings. The van der Waals surface area contributed by atoms with E-state index in [0.717, 1.165) is 12.0 Å². The molecule has 0 saturated heterocycles. The minimum atomic E-state index is -0.928. The van der Waals surface area contributed by atoms with Gasteiger partial charge in [-0.1, -0.05) is 39.8 Å². The van der Waals surface area contributed by atoms with Gasteiger partial charge in [-0.2, -0.15) is 0 Å². The van der Waals surface area contributed by atoms with Crippen molar-refractivity contribution in [3.8, 4) is 0 Å². The van der Waals surface area contributed by atoms with E-state index in [2.05, 4.69) is 10.6 Å². The van der Waals surface area contributed by atoms with Crippen LogP contribution in [0.5, 0.6) is 0 Å². The first kappa shape index (κ1) is 17.0. The number of carboxylic acid groups (broad SMARTS) is 1. The summed E-state index contributed by atoms with van der Waals surface area (Å²) in [6, 6.07) is 6.76. The Morgan fingerprint density at radius 3 is 2.48 bits per heavy atom. The maximum atomic E-state index is 12.0. The number of urea groups is 1. The molecule has 1 unspecified atom stereocenters. The quantitative estimate of drug-likeness (QED) is 0.779. The Labute approximate surface area is 125 Å². The Hall–Kier alpha value is -2.04. The highest BCUT2D eigenvalue weighted by Gasteiger charge is 2.28. The SMILES string of the molecule is CCc1cccc(NC(=O)NC(CC(=O)O)C(C)(C)C)c1. The smallest absolute Gasteiger partial charge is 0.319 e. The maximum Gasteiger partial charge on any atom is 0.319 e. The molecule has 5 nitrogen and oxygen atoms in total. The second-order valence-electron chi connectivity index (χ2n) is 6.17. The van der Waals surface area contributed by atoms with Crippen molar-refractivity contribution in [2.45, 2.75) is 46.6 Å². The molecule has 0 aliphatic heterocycles. The molecule has 1 aromatic rings. The third kappa shape index (κ3) is 5.85. The fraction of sp³-hybridized carbons (Fsp3) is 0.500. The Kier molecular flexibility index (Phi) is 5.76. The van der Waals surface area contributed by atoms with Crippen molar-refractivity contribution in [3.63, 3.8) is 0 Å². The van der Waals surface area contributed by atoms with Crippen molar-refractivity contribution in [2.24, 2.45) is 5.41 Å². The van der Waals surface area contributed by atoms with Crippen molar-refractivity contribution < 1.29 is 14.7 Å². The monoisotopic (exact) mass is 292 g/mol. The molecule has 0 fully saturated rings. The number of benzene rings is 1. The zero-order chi connectivity index (χ0) is 16.0. The van der Waals surface area contributed by atoms with E-state index in [4.69, 9.17) is 5.11 Å². The number of rotatable bonds is 5. The number of nitrogens with one attached hydrogen (secondary N) is 2. The van der Waals surface area contributed by atoms with Gasteiger partial charge in [-0.15, -0.1) is 0 Å². The first-order valence-electron chi connectivity index (χ1n) is 7.10. The molecule has 0 spiro atoms. The summed E-state index contributed by atoms with van der Waals surface area (Å²) < 4.78 is 0. The lowest BCUT2D eigenvalue weighted by Gasteiger charge is -2.30. The van der Waals surface area contributed by atoms with Crippen LogP contribution in [-0.2, 0) is 11.2 Å². The van der Waals surface area contributed by atoms with Gasteiger partial charge in [0.15, 0.2) is 0 Å². The zero-order valence-electron chi connectivity index (χ0n) is 13.1. The highest BCUT2D eigenvalue weighted by Crippen LogP contribution is 2.22. The predicted octanol–water partition coefficient (Wildman–Crippen LogP) is 3.26. The van der Waals surface area contributed by atoms with Crippen molar-refractivity contribution >= 4 is 17.7 Å². The molecule has 0 radical (unpaired) electrons. The van der Waals surface area contributed by atoms with Crippen LogP contribution >= 0.6 is 0 Å². The molecule has 116 valence electrons. The average Bonchev–Trinajstić information content (AvgIpc) is 2.36. The number of carbonyl (C=O) groups is 2. The number of aliphatic carboxylic acids is 1. The number of carbonyl (C=O) groups excluding carboxylic acids is 1. The van der Waals surface area contributed by atoms with Crippen LogP contribution in [0.2, 0.25) is 0 Å². The third-order valence-electron chi connectivity index (χ3n) is 3.32. The molecule has 0 bridgehead atoms. The van der Waals surface area contributed by atoms with E-state index >= 15 is 0 Å². The number of carboxylic acids is 1. The Morgan fingerprint density at radius 2 is 1.95 bits per heavy atom. The molecule has 0 saturated carbocycles. The normalized spacial score (nSPS) is 12.6. The van der Waals surface area contributed by atoms with E-state index in [1.165, 1.54) is 0 Å². The summed E-state index contributed by atoms with van der Waals surface area (Å²) in [5, 5.41) is 14.4. The standard InChI is InChI=1S/C16H24N2O3/c1-5-11-7-6-8-12(9-11)17-15(21)18-13(10-14(19)20)16(2,3)4/h6-9,13H,5,10H2,1-4H3,(H,19,20)(H2,17,18,21). The van der Waals surface area contributed by atoms with Gasteiger partial charge in [0.2, 0.25) is 0 Å². The van der Waals surface area contributed by atoms with E-state index < -0.39 is 12.0 Å². The van der Waals surface area contributed by atoms with Crippen molar-refractivity contribution in [3.05, 3.63) is 29.8 Å². The van der Waals surface area contributed by atoms with Crippen molar-refractivity contribution in [2.75, 3.05) is 5.32 Å². The largest absolute Gasteiger partial charge is 0.481 e. The molecule has 0 aromatic heterocycles. The minimum Gasteiger partial charge on any atom is -0.481 e. The molecule has 5 heteroatoms. The van der Waals surface area contributed by atoms with Gasteiger partial charge in [0.25, 0.3) is 0 Å². The Balaban J connectivity index is 2.71. The summed E-state index contributed by atoms with van der Waals surface area (Å²) in [6.07, 6.45) is 0.784. The van der Waals surface area contributed by atoms with Crippen LogP contribution in [0.4, 0.5) is 10.5 Å². The van der Waals surface area contributed by atoms with Crippen LogP contribution in [0.3, 0.4) is 0 Å². The Morgan fingerprint density at radius 1 is 1.29 bits per heavy atom.